The fourth-order valence-electron chi connectivity index (χ4n) is 2.70. The SMILES string of the molecule is CC(C)c1nc(CN(C)C(=O)C2CC(=O)N(c3nccs3)C2)cs1. The molecule has 6 nitrogen and oxygen atoms in total. The average Bonchev–Trinajstić information content (AvgIpc) is 3.25. The van der Waals surface area contributed by atoms with Crippen molar-refractivity contribution in [3.05, 3.63) is 27.7 Å². The third-order valence-electron chi connectivity index (χ3n) is 3.96. The van der Waals surface area contributed by atoms with Crippen LogP contribution < -0.4 is 4.90 Å². The summed E-state index contributed by atoms with van der Waals surface area (Å²) in [6.45, 7) is 5.09. The number of carbonyl (C=O) groups excluding carboxylic acids is 2. The normalized spacial score (nSPS) is 17.8. The van der Waals surface area contributed by atoms with Gasteiger partial charge in [0.05, 0.1) is 23.2 Å². The maximum absolute atomic E-state index is 12.7. The molecule has 128 valence electrons. The molecule has 3 rings (SSSR count). The van der Waals surface area contributed by atoms with E-state index < -0.39 is 0 Å². The number of hydrogen-bond donors (Lipinski definition) is 0. The fraction of sp³-hybridized carbons (Fsp3) is 0.500. The van der Waals surface area contributed by atoms with Crippen LogP contribution in [0, 0.1) is 5.92 Å². The quantitative estimate of drug-likeness (QED) is 0.818. The molecule has 1 unspecified atom stereocenters. The fourth-order valence-corrected chi connectivity index (χ4v) is 4.20. The summed E-state index contributed by atoms with van der Waals surface area (Å²) in [6, 6.07) is 0. The van der Waals surface area contributed by atoms with Gasteiger partial charge < -0.3 is 4.90 Å². The highest BCUT2D eigenvalue weighted by Gasteiger charge is 2.37. The number of aromatic nitrogens is 2. The number of anilines is 1. The Morgan fingerprint density at radius 1 is 1.46 bits per heavy atom. The van der Waals surface area contributed by atoms with Gasteiger partial charge in [-0.3, -0.25) is 14.5 Å². The molecule has 0 bridgehead atoms. The van der Waals surface area contributed by atoms with Gasteiger partial charge in [-0.1, -0.05) is 13.8 Å². The molecule has 24 heavy (non-hydrogen) atoms. The highest BCUT2D eigenvalue weighted by molar-refractivity contribution is 7.13. The molecule has 0 aliphatic carbocycles. The Hall–Kier alpha value is -1.80. The van der Waals surface area contributed by atoms with Crippen molar-refractivity contribution < 1.29 is 9.59 Å². The summed E-state index contributed by atoms with van der Waals surface area (Å²) < 4.78 is 0. The van der Waals surface area contributed by atoms with Gasteiger partial charge in [-0.25, -0.2) is 9.97 Å². The molecule has 3 heterocycles. The predicted octanol–water partition coefficient (Wildman–Crippen LogP) is 2.73. The molecule has 1 fully saturated rings. The standard InChI is InChI=1S/C16H20N4O2S2/c1-10(2)14-18-12(9-24-14)8-19(3)15(22)11-6-13(21)20(7-11)16-17-4-5-23-16/h4-5,9-11H,6-8H2,1-3H3. The van der Waals surface area contributed by atoms with Crippen molar-refractivity contribution in [3.8, 4) is 0 Å². The van der Waals surface area contributed by atoms with E-state index in [1.165, 1.54) is 11.3 Å². The Morgan fingerprint density at radius 3 is 2.88 bits per heavy atom. The Labute approximate surface area is 149 Å². The van der Waals surface area contributed by atoms with E-state index in [-0.39, 0.29) is 24.2 Å². The van der Waals surface area contributed by atoms with E-state index >= 15 is 0 Å². The lowest BCUT2D eigenvalue weighted by molar-refractivity contribution is -0.135. The molecule has 0 radical (unpaired) electrons. The van der Waals surface area contributed by atoms with Crippen LogP contribution in [0.2, 0.25) is 0 Å². The lowest BCUT2D eigenvalue weighted by Gasteiger charge is -2.20. The van der Waals surface area contributed by atoms with Gasteiger partial charge in [0.15, 0.2) is 5.13 Å². The number of hydrogen-bond acceptors (Lipinski definition) is 6. The molecule has 2 aromatic heterocycles. The van der Waals surface area contributed by atoms with Gasteiger partial charge in [0.25, 0.3) is 0 Å². The minimum absolute atomic E-state index is 0.0125. The molecule has 0 aromatic carbocycles. The number of rotatable bonds is 5. The number of thiazole rings is 2. The van der Waals surface area contributed by atoms with Gasteiger partial charge >= 0.3 is 0 Å². The second-order valence-electron chi connectivity index (χ2n) is 6.25. The van der Waals surface area contributed by atoms with Gasteiger partial charge in [-0.2, -0.15) is 0 Å². The summed E-state index contributed by atoms with van der Waals surface area (Å²) in [4.78, 5) is 36.8. The monoisotopic (exact) mass is 364 g/mol. The summed E-state index contributed by atoms with van der Waals surface area (Å²) in [5.74, 6) is 0.0348. The zero-order valence-corrected chi connectivity index (χ0v) is 15.6. The van der Waals surface area contributed by atoms with Crippen LogP contribution in [0.5, 0.6) is 0 Å². The first-order valence-electron chi connectivity index (χ1n) is 7.85. The molecule has 8 heteroatoms. The minimum atomic E-state index is -0.311. The van der Waals surface area contributed by atoms with Crippen molar-refractivity contribution in [3.63, 3.8) is 0 Å². The van der Waals surface area contributed by atoms with Crippen molar-refractivity contribution in [1.82, 2.24) is 14.9 Å². The highest BCUT2D eigenvalue weighted by atomic mass is 32.1. The van der Waals surface area contributed by atoms with Crippen LogP contribution in [0.1, 0.15) is 36.9 Å². The molecule has 0 spiro atoms. The summed E-state index contributed by atoms with van der Waals surface area (Å²) in [6.07, 6.45) is 1.92. The minimum Gasteiger partial charge on any atom is -0.340 e. The molecule has 0 saturated carbocycles. The number of carbonyl (C=O) groups is 2. The van der Waals surface area contributed by atoms with Crippen LogP contribution in [0.4, 0.5) is 5.13 Å². The maximum Gasteiger partial charge on any atom is 0.229 e. The zero-order valence-electron chi connectivity index (χ0n) is 13.9. The van der Waals surface area contributed by atoms with E-state index in [1.807, 2.05) is 10.8 Å². The van der Waals surface area contributed by atoms with Gasteiger partial charge in [0, 0.05) is 42.9 Å². The second-order valence-corrected chi connectivity index (χ2v) is 8.01. The average molecular weight is 364 g/mol. The molecule has 2 aromatic rings. The molecule has 1 aliphatic rings. The third kappa shape index (κ3) is 3.49. The first-order valence-corrected chi connectivity index (χ1v) is 9.60. The van der Waals surface area contributed by atoms with Crippen molar-refractivity contribution in [1.29, 1.82) is 0 Å². The molecule has 1 saturated heterocycles. The predicted molar refractivity (Wildman–Crippen MR) is 95.3 cm³/mol. The van der Waals surface area contributed by atoms with Crippen LogP contribution in [0.3, 0.4) is 0 Å². The molecule has 1 atom stereocenters. The van der Waals surface area contributed by atoms with Gasteiger partial charge in [0.1, 0.15) is 0 Å². The maximum atomic E-state index is 12.7. The Bertz CT molecular complexity index is 726. The largest absolute Gasteiger partial charge is 0.340 e. The van der Waals surface area contributed by atoms with Gasteiger partial charge in [-0.05, 0) is 0 Å². The second kappa shape index (κ2) is 6.98. The Kier molecular flexibility index (Phi) is 4.96. The summed E-state index contributed by atoms with van der Waals surface area (Å²) in [5, 5.41) is 5.58. The van der Waals surface area contributed by atoms with Crippen molar-refractivity contribution in [2.24, 2.45) is 5.92 Å². The van der Waals surface area contributed by atoms with Crippen molar-refractivity contribution in [2.45, 2.75) is 32.7 Å². The zero-order chi connectivity index (χ0) is 17.3. The number of amides is 2. The van der Waals surface area contributed by atoms with E-state index in [0.29, 0.717) is 24.1 Å². The lowest BCUT2D eigenvalue weighted by atomic mass is 10.1. The van der Waals surface area contributed by atoms with Crippen LogP contribution in [0.25, 0.3) is 0 Å². The first-order chi connectivity index (χ1) is 11.5. The third-order valence-corrected chi connectivity index (χ3v) is 5.95. The molecule has 1 aliphatic heterocycles. The highest BCUT2D eigenvalue weighted by Crippen LogP contribution is 2.28. The Morgan fingerprint density at radius 2 is 2.25 bits per heavy atom. The molecular weight excluding hydrogens is 344 g/mol. The molecule has 0 N–H and O–H groups in total. The summed E-state index contributed by atoms with van der Waals surface area (Å²) >= 11 is 3.04. The summed E-state index contributed by atoms with van der Waals surface area (Å²) in [7, 11) is 1.77. The van der Waals surface area contributed by atoms with Crippen LogP contribution in [-0.4, -0.2) is 40.3 Å². The van der Waals surface area contributed by atoms with E-state index in [2.05, 4.69) is 23.8 Å². The lowest BCUT2D eigenvalue weighted by Crippen LogP contribution is -2.34. The number of nitrogens with zero attached hydrogens (tertiary/aromatic N) is 4. The smallest absolute Gasteiger partial charge is 0.229 e. The van der Waals surface area contributed by atoms with E-state index in [1.54, 1.807) is 34.4 Å². The van der Waals surface area contributed by atoms with Crippen LogP contribution >= 0.6 is 22.7 Å². The van der Waals surface area contributed by atoms with Gasteiger partial charge in [0.2, 0.25) is 11.8 Å². The summed E-state index contributed by atoms with van der Waals surface area (Å²) in [5.41, 5.74) is 0.903. The molecular formula is C16H20N4O2S2. The topological polar surface area (TPSA) is 66.4 Å². The van der Waals surface area contributed by atoms with Crippen LogP contribution in [0.15, 0.2) is 17.0 Å². The van der Waals surface area contributed by atoms with Crippen molar-refractivity contribution in [2.75, 3.05) is 18.5 Å². The van der Waals surface area contributed by atoms with Crippen LogP contribution in [-0.2, 0) is 16.1 Å². The Balaban J connectivity index is 1.62. The van der Waals surface area contributed by atoms with E-state index in [9.17, 15) is 9.59 Å². The van der Waals surface area contributed by atoms with E-state index in [4.69, 9.17) is 0 Å². The van der Waals surface area contributed by atoms with E-state index in [0.717, 1.165) is 10.7 Å². The molecule has 2 amide bonds. The first kappa shape index (κ1) is 17.0. The van der Waals surface area contributed by atoms with Crippen molar-refractivity contribution >= 4 is 39.6 Å². The van der Waals surface area contributed by atoms with Gasteiger partial charge in [-0.15, -0.1) is 22.7 Å².